The Kier molecular flexibility index (Phi) is 6.63. The molecule has 3 rings (SSSR count). The first kappa shape index (κ1) is 19.3. The third-order valence-electron chi connectivity index (χ3n) is 4.96. The highest BCUT2D eigenvalue weighted by Crippen LogP contribution is 2.18. The summed E-state index contributed by atoms with van der Waals surface area (Å²) in [5.74, 6) is 0.646. The number of carbonyl (C=O) groups excluding carboxylic acids is 1. The highest BCUT2D eigenvalue weighted by molar-refractivity contribution is 7.89. The maximum Gasteiger partial charge on any atom is 0.243 e. The summed E-state index contributed by atoms with van der Waals surface area (Å²) in [6.07, 6.45) is 2.60. The minimum atomic E-state index is -3.47. The Morgan fingerprint density at radius 2 is 1.96 bits per heavy atom. The van der Waals surface area contributed by atoms with E-state index in [9.17, 15) is 13.2 Å². The van der Waals surface area contributed by atoms with Crippen molar-refractivity contribution in [3.63, 3.8) is 0 Å². The number of hydrogen-bond acceptors (Lipinski definition) is 5. The Hall–Kier alpha value is -1.48. The molecule has 144 valence electrons. The molecule has 2 heterocycles. The van der Waals surface area contributed by atoms with E-state index < -0.39 is 10.0 Å². The molecule has 2 saturated heterocycles. The lowest BCUT2D eigenvalue weighted by molar-refractivity contribution is -0.121. The van der Waals surface area contributed by atoms with E-state index >= 15 is 0 Å². The molecule has 0 spiro atoms. The fourth-order valence-corrected chi connectivity index (χ4v) is 4.71. The predicted molar refractivity (Wildman–Crippen MR) is 98.1 cm³/mol. The molecule has 8 heteroatoms. The quantitative estimate of drug-likeness (QED) is 0.726. The maximum absolute atomic E-state index is 12.6. The first-order valence-corrected chi connectivity index (χ1v) is 10.6. The molecule has 26 heavy (non-hydrogen) atoms. The smallest absolute Gasteiger partial charge is 0.243 e. The van der Waals surface area contributed by atoms with Crippen LogP contribution in [0.2, 0.25) is 0 Å². The molecule has 1 aromatic rings. The number of benzene rings is 1. The minimum Gasteiger partial charge on any atom is -0.379 e. The van der Waals surface area contributed by atoms with Crippen LogP contribution >= 0.6 is 0 Å². The van der Waals surface area contributed by atoms with Gasteiger partial charge in [-0.1, -0.05) is 12.1 Å². The van der Waals surface area contributed by atoms with Crippen molar-refractivity contribution in [2.45, 2.75) is 30.7 Å². The van der Waals surface area contributed by atoms with E-state index in [1.165, 1.54) is 4.31 Å². The maximum atomic E-state index is 12.6. The van der Waals surface area contributed by atoms with E-state index in [4.69, 9.17) is 4.74 Å². The van der Waals surface area contributed by atoms with E-state index in [2.05, 4.69) is 10.6 Å². The van der Waals surface area contributed by atoms with Gasteiger partial charge in [-0.2, -0.15) is 4.31 Å². The summed E-state index contributed by atoms with van der Waals surface area (Å²) in [5.41, 5.74) is 0.891. The summed E-state index contributed by atoms with van der Waals surface area (Å²) in [7, 11) is -3.47. The van der Waals surface area contributed by atoms with Crippen LogP contribution in [0.5, 0.6) is 0 Å². The van der Waals surface area contributed by atoms with E-state index in [1.807, 2.05) is 0 Å². The molecule has 1 aromatic carbocycles. The van der Waals surface area contributed by atoms with Gasteiger partial charge in [-0.15, -0.1) is 0 Å². The van der Waals surface area contributed by atoms with Gasteiger partial charge in [0.15, 0.2) is 0 Å². The lowest BCUT2D eigenvalue weighted by atomic mass is 10.0. The van der Waals surface area contributed by atoms with Crippen molar-refractivity contribution in [3.8, 4) is 0 Å². The van der Waals surface area contributed by atoms with Gasteiger partial charge in [0.25, 0.3) is 0 Å². The van der Waals surface area contributed by atoms with Crippen LogP contribution in [0.4, 0.5) is 0 Å². The molecule has 0 aromatic heterocycles. The Bertz CT molecular complexity index is 694. The van der Waals surface area contributed by atoms with Gasteiger partial charge < -0.3 is 15.4 Å². The van der Waals surface area contributed by atoms with Gasteiger partial charge in [0.1, 0.15) is 0 Å². The number of hydrogen-bond donors (Lipinski definition) is 2. The number of morpholine rings is 1. The average Bonchev–Trinajstić information content (AvgIpc) is 3.19. The Balaban J connectivity index is 1.48. The second-order valence-corrected chi connectivity index (χ2v) is 8.77. The highest BCUT2D eigenvalue weighted by Gasteiger charge is 2.26. The lowest BCUT2D eigenvalue weighted by Crippen LogP contribution is -2.40. The molecule has 0 bridgehead atoms. The average molecular weight is 381 g/mol. The zero-order chi connectivity index (χ0) is 18.4. The fourth-order valence-electron chi connectivity index (χ4n) is 3.30. The third kappa shape index (κ3) is 5.03. The summed E-state index contributed by atoms with van der Waals surface area (Å²) in [5, 5.41) is 6.21. The first-order chi connectivity index (χ1) is 12.6. The molecule has 2 N–H and O–H groups in total. The largest absolute Gasteiger partial charge is 0.379 e. The van der Waals surface area contributed by atoms with Crippen LogP contribution in [0, 0.1) is 5.92 Å². The highest BCUT2D eigenvalue weighted by atomic mass is 32.2. The number of sulfonamides is 1. The van der Waals surface area contributed by atoms with Crippen molar-refractivity contribution < 1.29 is 17.9 Å². The zero-order valence-corrected chi connectivity index (χ0v) is 15.8. The molecule has 1 unspecified atom stereocenters. The molecule has 0 aliphatic carbocycles. The van der Waals surface area contributed by atoms with Crippen LogP contribution in [-0.2, 0) is 26.1 Å². The molecular weight excluding hydrogens is 354 g/mol. The third-order valence-corrected chi connectivity index (χ3v) is 6.88. The second kappa shape index (κ2) is 8.94. The van der Waals surface area contributed by atoms with Gasteiger partial charge in [-0.3, -0.25) is 4.79 Å². The summed E-state index contributed by atoms with van der Waals surface area (Å²) in [4.78, 5) is 12.2. The van der Waals surface area contributed by atoms with Crippen LogP contribution in [0.3, 0.4) is 0 Å². The topological polar surface area (TPSA) is 87.7 Å². The van der Waals surface area contributed by atoms with Gasteiger partial charge in [-0.25, -0.2) is 8.42 Å². The van der Waals surface area contributed by atoms with Crippen molar-refractivity contribution in [3.05, 3.63) is 29.8 Å². The number of carbonyl (C=O) groups is 1. The van der Waals surface area contributed by atoms with Gasteiger partial charge in [0, 0.05) is 26.1 Å². The van der Waals surface area contributed by atoms with E-state index in [1.54, 1.807) is 24.3 Å². The van der Waals surface area contributed by atoms with Crippen molar-refractivity contribution in [1.82, 2.24) is 14.9 Å². The number of nitrogens with zero attached hydrogens (tertiary/aromatic N) is 1. The van der Waals surface area contributed by atoms with Crippen molar-refractivity contribution >= 4 is 15.9 Å². The van der Waals surface area contributed by atoms with E-state index in [0.717, 1.165) is 31.5 Å². The number of amides is 1. The van der Waals surface area contributed by atoms with Crippen molar-refractivity contribution in [2.24, 2.45) is 5.92 Å². The summed E-state index contributed by atoms with van der Waals surface area (Å²) in [6, 6.07) is 6.73. The van der Waals surface area contributed by atoms with Gasteiger partial charge >= 0.3 is 0 Å². The minimum absolute atomic E-state index is 0.0434. The second-order valence-electron chi connectivity index (χ2n) is 6.83. The SMILES string of the molecule is O=C(CCC1CCNC1)NCc1ccc(S(=O)(=O)N2CCOCC2)cc1. The molecule has 0 saturated carbocycles. The summed E-state index contributed by atoms with van der Waals surface area (Å²) >= 11 is 0. The Morgan fingerprint density at radius 3 is 2.62 bits per heavy atom. The number of ether oxygens (including phenoxy) is 1. The monoisotopic (exact) mass is 381 g/mol. The molecule has 0 radical (unpaired) electrons. The van der Waals surface area contributed by atoms with Gasteiger partial charge in [-0.05, 0) is 49.5 Å². The Morgan fingerprint density at radius 1 is 1.23 bits per heavy atom. The predicted octanol–water partition coefficient (Wildman–Crippen LogP) is 0.713. The van der Waals surface area contributed by atoms with Crippen LogP contribution in [0.25, 0.3) is 0 Å². The molecule has 7 nitrogen and oxygen atoms in total. The van der Waals surface area contributed by atoms with Gasteiger partial charge in [0.2, 0.25) is 15.9 Å². The summed E-state index contributed by atoms with van der Waals surface area (Å²) in [6.45, 7) is 4.10. The molecule has 2 aliphatic heterocycles. The first-order valence-electron chi connectivity index (χ1n) is 9.20. The van der Waals surface area contributed by atoms with Gasteiger partial charge in [0.05, 0.1) is 18.1 Å². The van der Waals surface area contributed by atoms with E-state index in [-0.39, 0.29) is 10.8 Å². The van der Waals surface area contributed by atoms with Crippen molar-refractivity contribution in [1.29, 1.82) is 0 Å². The Labute approximate surface area is 155 Å². The summed E-state index contributed by atoms with van der Waals surface area (Å²) < 4.78 is 31.8. The van der Waals surface area contributed by atoms with Crippen LogP contribution in [-0.4, -0.2) is 58.0 Å². The fraction of sp³-hybridized carbons (Fsp3) is 0.611. The van der Waals surface area contributed by atoms with Crippen molar-refractivity contribution in [2.75, 3.05) is 39.4 Å². The molecular formula is C18H27N3O4S. The van der Waals surface area contributed by atoms with Crippen LogP contribution in [0.15, 0.2) is 29.2 Å². The molecule has 2 fully saturated rings. The molecule has 1 atom stereocenters. The van der Waals surface area contributed by atoms with Crippen LogP contribution in [0.1, 0.15) is 24.8 Å². The lowest BCUT2D eigenvalue weighted by Gasteiger charge is -2.26. The standard InChI is InChI=1S/C18H27N3O4S/c22-18(6-3-16-7-8-19-13-16)20-14-15-1-4-17(5-2-15)26(23,24)21-9-11-25-12-10-21/h1-2,4-5,16,19H,3,6-14H2,(H,20,22). The zero-order valence-electron chi connectivity index (χ0n) is 14.9. The normalized spacial score (nSPS) is 21.6. The number of nitrogens with one attached hydrogen (secondary N) is 2. The number of rotatable bonds is 7. The van der Waals surface area contributed by atoms with E-state index in [0.29, 0.717) is 45.2 Å². The molecule has 2 aliphatic rings. The van der Waals surface area contributed by atoms with Crippen LogP contribution < -0.4 is 10.6 Å². The molecule has 1 amide bonds.